The highest BCUT2D eigenvalue weighted by molar-refractivity contribution is 7.99. The average molecular weight is 494 g/mol. The summed E-state index contributed by atoms with van der Waals surface area (Å²) in [5.41, 5.74) is 2.94. The van der Waals surface area contributed by atoms with E-state index in [1.165, 1.54) is 11.8 Å². The third-order valence-electron chi connectivity index (χ3n) is 4.95. The van der Waals surface area contributed by atoms with Gasteiger partial charge >= 0.3 is 0 Å². The van der Waals surface area contributed by atoms with E-state index in [-0.39, 0.29) is 16.6 Å². The lowest BCUT2D eigenvalue weighted by Gasteiger charge is -2.09. The number of carbonyl (C=O) groups is 1. The van der Waals surface area contributed by atoms with Crippen LogP contribution in [0.1, 0.15) is 5.56 Å². The second kappa shape index (κ2) is 10.1. The molecule has 0 saturated carbocycles. The van der Waals surface area contributed by atoms with Gasteiger partial charge in [0.25, 0.3) is 10.0 Å². The van der Waals surface area contributed by atoms with E-state index in [0.717, 1.165) is 16.8 Å². The summed E-state index contributed by atoms with van der Waals surface area (Å²) >= 11 is 1.29. The molecule has 0 fully saturated rings. The van der Waals surface area contributed by atoms with Gasteiger partial charge in [-0.05, 0) is 55.5 Å². The number of thioether (sulfide) groups is 1. The Bertz CT molecular complexity index is 1390. The molecule has 174 valence electrons. The van der Waals surface area contributed by atoms with Crippen LogP contribution in [0.4, 0.5) is 11.4 Å². The Hall–Kier alpha value is -3.63. The number of aryl methyl sites for hydroxylation is 1. The fourth-order valence-corrected chi connectivity index (χ4v) is 4.93. The molecule has 0 aliphatic rings. The Morgan fingerprint density at radius 3 is 2.26 bits per heavy atom. The molecular weight excluding hydrogens is 470 g/mol. The Labute approximate surface area is 202 Å². The van der Waals surface area contributed by atoms with Crippen molar-refractivity contribution in [1.82, 2.24) is 14.8 Å². The minimum absolute atomic E-state index is 0.133. The summed E-state index contributed by atoms with van der Waals surface area (Å²) < 4.78 is 29.6. The van der Waals surface area contributed by atoms with E-state index in [9.17, 15) is 13.2 Å². The summed E-state index contributed by atoms with van der Waals surface area (Å²) in [6, 6.07) is 22.8. The molecule has 0 saturated heterocycles. The summed E-state index contributed by atoms with van der Waals surface area (Å²) in [7, 11) is -1.85. The first kappa shape index (κ1) is 23.5. The molecule has 0 aliphatic heterocycles. The molecule has 0 spiro atoms. The molecule has 0 unspecified atom stereocenters. The van der Waals surface area contributed by atoms with Crippen molar-refractivity contribution in [2.24, 2.45) is 7.05 Å². The Balaban J connectivity index is 1.40. The van der Waals surface area contributed by atoms with Crippen molar-refractivity contribution in [1.29, 1.82) is 0 Å². The third-order valence-corrected chi connectivity index (χ3v) is 7.37. The van der Waals surface area contributed by atoms with Gasteiger partial charge in [0.2, 0.25) is 5.91 Å². The minimum Gasteiger partial charge on any atom is -0.325 e. The molecule has 1 amide bonds. The fourth-order valence-electron chi connectivity index (χ4n) is 3.16. The van der Waals surface area contributed by atoms with Crippen LogP contribution in [0.15, 0.2) is 88.9 Å². The highest BCUT2D eigenvalue weighted by atomic mass is 32.2. The number of para-hydroxylation sites is 1. The van der Waals surface area contributed by atoms with Crippen LogP contribution in [0.25, 0.3) is 11.4 Å². The molecule has 1 aromatic heterocycles. The predicted molar refractivity (Wildman–Crippen MR) is 134 cm³/mol. The van der Waals surface area contributed by atoms with Crippen molar-refractivity contribution in [3.63, 3.8) is 0 Å². The van der Waals surface area contributed by atoms with Crippen molar-refractivity contribution >= 4 is 39.1 Å². The van der Waals surface area contributed by atoms with Crippen LogP contribution in [0.3, 0.4) is 0 Å². The molecule has 8 nitrogen and oxygen atoms in total. The standard InChI is InChI=1S/C24H23N5O3S2/c1-17-8-14-21(15-9-17)34(31,32)28-20-12-10-18(11-13-20)23-26-27-24(29(23)2)33-16-22(30)25-19-6-4-3-5-7-19/h3-15,28H,16H2,1-2H3,(H,25,30). The van der Waals surface area contributed by atoms with Crippen molar-refractivity contribution in [3.8, 4) is 11.4 Å². The lowest BCUT2D eigenvalue weighted by atomic mass is 10.2. The van der Waals surface area contributed by atoms with Gasteiger partial charge in [-0.1, -0.05) is 47.7 Å². The zero-order valence-corrected chi connectivity index (χ0v) is 20.2. The van der Waals surface area contributed by atoms with Crippen LogP contribution in [-0.4, -0.2) is 34.8 Å². The third kappa shape index (κ3) is 5.64. The average Bonchev–Trinajstić information content (AvgIpc) is 3.19. The molecule has 2 N–H and O–H groups in total. The van der Waals surface area contributed by atoms with Gasteiger partial charge in [0, 0.05) is 24.0 Å². The molecule has 3 aromatic carbocycles. The molecule has 0 aliphatic carbocycles. The van der Waals surface area contributed by atoms with Crippen LogP contribution in [0, 0.1) is 6.92 Å². The Morgan fingerprint density at radius 2 is 1.59 bits per heavy atom. The summed E-state index contributed by atoms with van der Waals surface area (Å²) in [6.07, 6.45) is 0. The number of hydrogen-bond acceptors (Lipinski definition) is 6. The molecule has 34 heavy (non-hydrogen) atoms. The molecule has 1 heterocycles. The summed E-state index contributed by atoms with van der Waals surface area (Å²) in [6.45, 7) is 1.90. The monoisotopic (exact) mass is 493 g/mol. The number of hydrogen-bond donors (Lipinski definition) is 2. The van der Waals surface area contributed by atoms with E-state index in [0.29, 0.717) is 16.7 Å². The smallest absolute Gasteiger partial charge is 0.261 e. The lowest BCUT2D eigenvalue weighted by molar-refractivity contribution is -0.113. The summed E-state index contributed by atoms with van der Waals surface area (Å²) in [5, 5.41) is 11.8. The van der Waals surface area contributed by atoms with Crippen LogP contribution >= 0.6 is 11.8 Å². The number of rotatable bonds is 8. The summed E-state index contributed by atoms with van der Waals surface area (Å²) in [4.78, 5) is 12.4. The van der Waals surface area contributed by atoms with Crippen molar-refractivity contribution in [2.75, 3.05) is 15.8 Å². The number of anilines is 2. The number of amides is 1. The lowest BCUT2D eigenvalue weighted by Crippen LogP contribution is -2.14. The second-order valence-electron chi connectivity index (χ2n) is 7.56. The molecule has 4 aromatic rings. The maximum Gasteiger partial charge on any atom is 0.261 e. The van der Waals surface area contributed by atoms with E-state index in [1.54, 1.807) is 53.1 Å². The van der Waals surface area contributed by atoms with Gasteiger partial charge < -0.3 is 9.88 Å². The molecule has 0 radical (unpaired) electrons. The zero-order chi connectivity index (χ0) is 24.1. The van der Waals surface area contributed by atoms with Crippen molar-refractivity contribution in [2.45, 2.75) is 17.0 Å². The van der Waals surface area contributed by atoms with Gasteiger partial charge in [0.05, 0.1) is 10.6 Å². The first-order chi connectivity index (χ1) is 16.3. The van der Waals surface area contributed by atoms with Gasteiger partial charge in [-0.3, -0.25) is 9.52 Å². The number of benzene rings is 3. The van der Waals surface area contributed by atoms with Crippen molar-refractivity contribution < 1.29 is 13.2 Å². The normalized spacial score (nSPS) is 11.2. The zero-order valence-electron chi connectivity index (χ0n) is 18.6. The van der Waals surface area contributed by atoms with Gasteiger partial charge in [0.1, 0.15) is 0 Å². The summed E-state index contributed by atoms with van der Waals surface area (Å²) in [5.74, 6) is 0.672. The van der Waals surface area contributed by atoms with Crippen LogP contribution in [-0.2, 0) is 21.9 Å². The SMILES string of the molecule is Cc1ccc(S(=O)(=O)Nc2ccc(-c3nnc(SCC(=O)Nc4ccccc4)n3C)cc2)cc1. The van der Waals surface area contributed by atoms with E-state index < -0.39 is 10.0 Å². The maximum atomic E-state index is 12.6. The number of sulfonamides is 1. The van der Waals surface area contributed by atoms with E-state index in [1.807, 2.05) is 44.3 Å². The molecular formula is C24H23N5O3S2. The molecule has 0 bridgehead atoms. The first-order valence-corrected chi connectivity index (χ1v) is 12.9. The minimum atomic E-state index is -3.67. The molecule has 4 rings (SSSR count). The van der Waals surface area contributed by atoms with Gasteiger partial charge in [0.15, 0.2) is 11.0 Å². The van der Waals surface area contributed by atoms with E-state index >= 15 is 0 Å². The topological polar surface area (TPSA) is 106 Å². The predicted octanol–water partition coefficient (Wildman–Crippen LogP) is 4.32. The van der Waals surface area contributed by atoms with Crippen LogP contribution < -0.4 is 10.0 Å². The van der Waals surface area contributed by atoms with Crippen LogP contribution in [0.2, 0.25) is 0 Å². The maximum absolute atomic E-state index is 12.6. The fraction of sp³-hybridized carbons (Fsp3) is 0.125. The van der Waals surface area contributed by atoms with Crippen molar-refractivity contribution in [3.05, 3.63) is 84.4 Å². The Morgan fingerprint density at radius 1 is 0.912 bits per heavy atom. The van der Waals surface area contributed by atoms with E-state index in [2.05, 4.69) is 20.2 Å². The first-order valence-electron chi connectivity index (χ1n) is 10.4. The molecule has 0 atom stereocenters. The largest absolute Gasteiger partial charge is 0.325 e. The quantitative estimate of drug-likeness (QED) is 0.354. The van der Waals surface area contributed by atoms with Gasteiger partial charge in [-0.15, -0.1) is 10.2 Å². The number of aromatic nitrogens is 3. The number of nitrogens with one attached hydrogen (secondary N) is 2. The Kier molecular flexibility index (Phi) is 6.99. The van der Waals surface area contributed by atoms with E-state index in [4.69, 9.17) is 0 Å². The molecule has 10 heteroatoms. The van der Waals surface area contributed by atoms with Crippen LogP contribution in [0.5, 0.6) is 0 Å². The van der Waals surface area contributed by atoms with Gasteiger partial charge in [-0.2, -0.15) is 0 Å². The number of carbonyl (C=O) groups excluding carboxylic acids is 1. The second-order valence-corrected chi connectivity index (χ2v) is 10.2. The highest BCUT2D eigenvalue weighted by Crippen LogP contribution is 2.25. The highest BCUT2D eigenvalue weighted by Gasteiger charge is 2.16. The number of nitrogens with zero attached hydrogens (tertiary/aromatic N) is 3. The van der Waals surface area contributed by atoms with Gasteiger partial charge in [-0.25, -0.2) is 8.42 Å².